The van der Waals surface area contributed by atoms with E-state index in [1.165, 1.54) is 6.07 Å². The fraction of sp³-hybridized carbons (Fsp3) is 0.533. The Morgan fingerprint density at radius 2 is 1.85 bits per heavy atom. The number of phenolic OH excluding ortho intramolecular Hbond substituents is 1. The normalized spacial score (nSPS) is 36.4. The molecule has 20 heavy (non-hydrogen) atoms. The van der Waals surface area contributed by atoms with E-state index >= 15 is 0 Å². The zero-order valence-electron chi connectivity index (χ0n) is 11.2. The molecule has 2 aliphatic carbocycles. The largest absolute Gasteiger partial charge is 0.508 e. The van der Waals surface area contributed by atoms with Crippen LogP contribution in [0.2, 0.25) is 0 Å². The first-order chi connectivity index (χ1) is 9.41. The number of aliphatic hydroxyl groups excluding tert-OH is 3. The predicted octanol–water partition coefficient (Wildman–Crippen LogP) is 0.678. The van der Waals surface area contributed by atoms with Crippen molar-refractivity contribution in [1.29, 1.82) is 0 Å². The van der Waals surface area contributed by atoms with Crippen molar-refractivity contribution in [2.24, 2.45) is 11.8 Å². The van der Waals surface area contributed by atoms with Crippen molar-refractivity contribution in [3.8, 4) is 5.75 Å². The van der Waals surface area contributed by atoms with Gasteiger partial charge in [0, 0.05) is 23.0 Å². The number of aliphatic hydroxyl groups is 3. The minimum Gasteiger partial charge on any atom is -0.508 e. The summed E-state index contributed by atoms with van der Waals surface area (Å²) in [6.07, 6.45) is -2.45. The van der Waals surface area contributed by atoms with Gasteiger partial charge in [0.2, 0.25) is 0 Å². The third kappa shape index (κ3) is 1.78. The summed E-state index contributed by atoms with van der Waals surface area (Å²) in [6, 6.07) is 3.15. The summed E-state index contributed by atoms with van der Waals surface area (Å²) in [6.45, 7) is 1.77. The van der Waals surface area contributed by atoms with Crippen LogP contribution in [0, 0.1) is 18.8 Å². The zero-order chi connectivity index (χ0) is 14.6. The molecule has 4 N–H and O–H groups in total. The van der Waals surface area contributed by atoms with Gasteiger partial charge in [-0.2, -0.15) is 0 Å². The van der Waals surface area contributed by atoms with Gasteiger partial charge in [-0.3, -0.25) is 4.79 Å². The Bertz CT molecular complexity index is 568. The summed E-state index contributed by atoms with van der Waals surface area (Å²) in [5.74, 6) is -1.56. The number of rotatable bonds is 0. The second kappa shape index (κ2) is 4.55. The van der Waals surface area contributed by atoms with E-state index in [1.54, 1.807) is 13.0 Å². The number of benzene rings is 1. The van der Waals surface area contributed by atoms with Gasteiger partial charge >= 0.3 is 0 Å². The van der Waals surface area contributed by atoms with Crippen molar-refractivity contribution >= 4 is 5.78 Å². The number of carbonyl (C=O) groups excluding carboxylic acids is 1. The molecule has 108 valence electrons. The standard InChI is InChI=1S/C15H18O5/c1-6-4-8-11(10(17)5-6)15(20)12-7(13(8)18)2-3-9(16)14(12)19/h4-5,7,9,12,14-17,19-20H,2-3H2,1H3. The van der Waals surface area contributed by atoms with Crippen molar-refractivity contribution in [1.82, 2.24) is 0 Å². The molecule has 1 saturated carbocycles. The Hall–Kier alpha value is -1.43. The van der Waals surface area contributed by atoms with Gasteiger partial charge < -0.3 is 20.4 Å². The number of hydrogen-bond acceptors (Lipinski definition) is 5. The molecule has 5 unspecified atom stereocenters. The number of aryl methyl sites for hydroxylation is 1. The molecule has 5 atom stereocenters. The first-order valence-corrected chi connectivity index (χ1v) is 6.83. The van der Waals surface area contributed by atoms with Crippen LogP contribution in [0.4, 0.5) is 0 Å². The van der Waals surface area contributed by atoms with Crippen molar-refractivity contribution in [2.75, 3.05) is 0 Å². The maximum atomic E-state index is 12.5. The molecule has 0 radical (unpaired) electrons. The lowest BCUT2D eigenvalue weighted by atomic mass is 9.64. The molecule has 1 fully saturated rings. The predicted molar refractivity (Wildman–Crippen MR) is 70.4 cm³/mol. The van der Waals surface area contributed by atoms with Crippen LogP contribution in [0.25, 0.3) is 0 Å². The Morgan fingerprint density at radius 1 is 1.15 bits per heavy atom. The smallest absolute Gasteiger partial charge is 0.166 e. The van der Waals surface area contributed by atoms with Gasteiger partial charge in [0.1, 0.15) is 5.75 Å². The molecule has 1 aromatic rings. The summed E-state index contributed by atoms with van der Waals surface area (Å²) in [5.41, 5.74) is 1.26. The van der Waals surface area contributed by atoms with E-state index in [4.69, 9.17) is 0 Å². The highest BCUT2D eigenvalue weighted by molar-refractivity contribution is 6.01. The number of Topliss-reactive ketones (excluding diaryl/α,β-unsaturated/α-hetero) is 1. The number of fused-ring (bicyclic) bond motifs is 2. The summed E-state index contributed by atoms with van der Waals surface area (Å²) in [4.78, 5) is 12.5. The number of ketones is 1. The quantitative estimate of drug-likeness (QED) is 0.559. The van der Waals surface area contributed by atoms with Crippen LogP contribution in [0.3, 0.4) is 0 Å². The van der Waals surface area contributed by atoms with Gasteiger partial charge in [0.15, 0.2) is 5.78 Å². The fourth-order valence-corrected chi connectivity index (χ4v) is 3.61. The molecule has 0 aliphatic heterocycles. The molecule has 0 spiro atoms. The van der Waals surface area contributed by atoms with Crippen molar-refractivity contribution < 1.29 is 25.2 Å². The molecule has 5 heteroatoms. The van der Waals surface area contributed by atoms with Gasteiger partial charge in [0.05, 0.1) is 18.3 Å². The van der Waals surface area contributed by atoms with Gasteiger partial charge in [-0.15, -0.1) is 0 Å². The topological polar surface area (TPSA) is 98.0 Å². The van der Waals surface area contributed by atoms with Gasteiger partial charge in [-0.25, -0.2) is 0 Å². The average Bonchev–Trinajstić information content (AvgIpc) is 2.38. The van der Waals surface area contributed by atoms with Crippen molar-refractivity contribution in [2.45, 2.75) is 38.1 Å². The zero-order valence-corrected chi connectivity index (χ0v) is 11.2. The second-order valence-electron chi connectivity index (χ2n) is 5.87. The number of aromatic hydroxyl groups is 1. The van der Waals surface area contributed by atoms with E-state index in [0.29, 0.717) is 18.4 Å². The Morgan fingerprint density at radius 3 is 2.55 bits per heavy atom. The molecule has 5 nitrogen and oxygen atoms in total. The molecule has 0 amide bonds. The molecular weight excluding hydrogens is 260 g/mol. The highest BCUT2D eigenvalue weighted by Crippen LogP contribution is 2.48. The summed E-state index contributed by atoms with van der Waals surface area (Å²) < 4.78 is 0. The van der Waals surface area contributed by atoms with E-state index in [9.17, 15) is 25.2 Å². The van der Waals surface area contributed by atoms with E-state index < -0.39 is 30.1 Å². The van der Waals surface area contributed by atoms with Crippen LogP contribution in [0.1, 0.15) is 40.4 Å². The number of carbonyl (C=O) groups is 1. The Kier molecular flexibility index (Phi) is 3.08. The van der Waals surface area contributed by atoms with Crippen LogP contribution in [0.15, 0.2) is 12.1 Å². The Balaban J connectivity index is 2.15. The first kappa shape index (κ1) is 13.5. The van der Waals surface area contributed by atoms with Crippen LogP contribution >= 0.6 is 0 Å². The minimum atomic E-state index is -1.15. The van der Waals surface area contributed by atoms with Crippen LogP contribution < -0.4 is 0 Å². The van der Waals surface area contributed by atoms with Gasteiger partial charge in [-0.05, 0) is 37.5 Å². The maximum Gasteiger partial charge on any atom is 0.166 e. The lowest BCUT2D eigenvalue weighted by molar-refractivity contribution is -0.104. The molecule has 0 saturated heterocycles. The Labute approximate surface area is 116 Å². The second-order valence-corrected chi connectivity index (χ2v) is 5.87. The van der Waals surface area contributed by atoms with Crippen LogP contribution in [-0.4, -0.2) is 38.4 Å². The monoisotopic (exact) mass is 278 g/mol. The lowest BCUT2D eigenvalue weighted by Gasteiger charge is -2.43. The number of phenols is 1. The summed E-state index contributed by atoms with van der Waals surface area (Å²) >= 11 is 0. The molecule has 0 heterocycles. The molecule has 3 rings (SSSR count). The summed E-state index contributed by atoms with van der Waals surface area (Å²) in [7, 11) is 0. The van der Waals surface area contributed by atoms with E-state index in [1.807, 2.05) is 0 Å². The van der Waals surface area contributed by atoms with Gasteiger partial charge in [0.25, 0.3) is 0 Å². The third-order valence-corrected chi connectivity index (χ3v) is 4.59. The van der Waals surface area contributed by atoms with Crippen LogP contribution in [0.5, 0.6) is 5.75 Å². The van der Waals surface area contributed by atoms with Gasteiger partial charge in [-0.1, -0.05) is 0 Å². The fourth-order valence-electron chi connectivity index (χ4n) is 3.61. The van der Waals surface area contributed by atoms with Crippen LogP contribution in [-0.2, 0) is 0 Å². The third-order valence-electron chi connectivity index (χ3n) is 4.59. The molecule has 2 aliphatic rings. The SMILES string of the molecule is Cc1cc(O)c2c(c1)C(=O)C1CCC(O)C(O)C1C2O. The first-order valence-electron chi connectivity index (χ1n) is 6.83. The van der Waals surface area contributed by atoms with E-state index in [2.05, 4.69) is 0 Å². The number of hydrogen-bond donors (Lipinski definition) is 4. The molecule has 1 aromatic carbocycles. The maximum absolute atomic E-state index is 12.5. The molecule has 0 bridgehead atoms. The highest BCUT2D eigenvalue weighted by atomic mass is 16.3. The minimum absolute atomic E-state index is 0.133. The molecular formula is C15H18O5. The molecule has 0 aromatic heterocycles. The summed E-state index contributed by atoms with van der Waals surface area (Å²) in [5, 5.41) is 40.3. The average molecular weight is 278 g/mol. The van der Waals surface area contributed by atoms with Crippen molar-refractivity contribution in [3.63, 3.8) is 0 Å². The van der Waals surface area contributed by atoms with E-state index in [-0.39, 0.29) is 17.1 Å². The van der Waals surface area contributed by atoms with Crippen molar-refractivity contribution in [3.05, 3.63) is 28.8 Å². The van der Waals surface area contributed by atoms with E-state index in [0.717, 1.165) is 5.56 Å². The highest BCUT2D eigenvalue weighted by Gasteiger charge is 2.50. The lowest BCUT2D eigenvalue weighted by Crippen LogP contribution is -2.50.